The lowest BCUT2D eigenvalue weighted by atomic mass is 10.0. The maximum Gasteiger partial charge on any atom is 0.242 e. The fraction of sp³-hybridized carbons (Fsp3) is 0.154. The minimum absolute atomic E-state index is 0.206. The molecule has 0 aliphatic rings. The van der Waals surface area contributed by atoms with Gasteiger partial charge in [-0.05, 0) is 5.56 Å². The minimum atomic E-state index is -0.307. The van der Waals surface area contributed by atoms with Crippen LogP contribution in [0.1, 0.15) is 11.5 Å². The van der Waals surface area contributed by atoms with Crippen LogP contribution in [0.4, 0.5) is 0 Å². The quantitative estimate of drug-likeness (QED) is 0.372. The number of hydrazine groups is 1. The second-order valence-corrected chi connectivity index (χ2v) is 4.87. The van der Waals surface area contributed by atoms with E-state index in [-0.39, 0.29) is 11.8 Å². The van der Waals surface area contributed by atoms with Crippen molar-refractivity contribution in [2.45, 2.75) is 10.9 Å². The Kier molecular flexibility index (Phi) is 4.88. The monoisotopic (exact) mass is 274 g/mol. The zero-order valence-corrected chi connectivity index (χ0v) is 11.0. The Hall–Kier alpha value is -1.92. The molecule has 1 atom stereocenters. The summed E-state index contributed by atoms with van der Waals surface area (Å²) in [5.74, 6) is 5.29. The molecule has 0 fully saturated rings. The van der Waals surface area contributed by atoms with E-state index in [2.05, 4.69) is 15.4 Å². The summed E-state index contributed by atoms with van der Waals surface area (Å²) in [4.78, 5) is 20.0. The SMILES string of the molecule is NNC(=O)C(CSc1cnccn1)c1ccccc1. The Labute approximate surface area is 115 Å². The molecule has 0 radical (unpaired) electrons. The molecule has 6 heteroatoms. The van der Waals surface area contributed by atoms with E-state index in [1.165, 1.54) is 11.8 Å². The third-order valence-electron chi connectivity index (χ3n) is 2.60. The Morgan fingerprint density at radius 3 is 2.74 bits per heavy atom. The summed E-state index contributed by atoms with van der Waals surface area (Å²) in [5, 5.41) is 0.785. The largest absolute Gasteiger partial charge is 0.294 e. The van der Waals surface area contributed by atoms with E-state index in [1.54, 1.807) is 18.6 Å². The smallest absolute Gasteiger partial charge is 0.242 e. The molecule has 2 aromatic rings. The normalized spacial score (nSPS) is 11.8. The summed E-state index contributed by atoms with van der Waals surface area (Å²) in [7, 11) is 0. The number of nitrogens with two attached hydrogens (primary N) is 1. The summed E-state index contributed by atoms with van der Waals surface area (Å²) in [6, 6.07) is 9.54. The Morgan fingerprint density at radius 2 is 2.11 bits per heavy atom. The van der Waals surface area contributed by atoms with Gasteiger partial charge in [0.25, 0.3) is 0 Å². The van der Waals surface area contributed by atoms with Gasteiger partial charge in [-0.25, -0.2) is 10.8 Å². The van der Waals surface area contributed by atoms with E-state index in [4.69, 9.17) is 5.84 Å². The molecule has 1 amide bonds. The van der Waals surface area contributed by atoms with E-state index in [0.29, 0.717) is 5.75 Å². The van der Waals surface area contributed by atoms with Gasteiger partial charge in [-0.3, -0.25) is 15.2 Å². The number of thioether (sulfide) groups is 1. The van der Waals surface area contributed by atoms with E-state index in [0.717, 1.165) is 10.6 Å². The predicted molar refractivity (Wildman–Crippen MR) is 74.3 cm³/mol. The van der Waals surface area contributed by atoms with Gasteiger partial charge in [0.1, 0.15) is 5.03 Å². The van der Waals surface area contributed by atoms with Crippen molar-refractivity contribution in [3.63, 3.8) is 0 Å². The third kappa shape index (κ3) is 3.77. The first-order valence-corrected chi connectivity index (χ1v) is 6.74. The lowest BCUT2D eigenvalue weighted by Crippen LogP contribution is -2.35. The van der Waals surface area contributed by atoms with Crippen molar-refractivity contribution in [1.82, 2.24) is 15.4 Å². The fourth-order valence-electron chi connectivity index (χ4n) is 1.64. The molecule has 0 spiro atoms. The molecule has 0 aliphatic carbocycles. The van der Waals surface area contributed by atoms with E-state index >= 15 is 0 Å². The lowest BCUT2D eigenvalue weighted by Gasteiger charge is -2.14. The van der Waals surface area contributed by atoms with Gasteiger partial charge >= 0.3 is 0 Å². The summed E-state index contributed by atoms with van der Waals surface area (Å²) in [6.45, 7) is 0. The Bertz CT molecular complexity index is 521. The number of nitrogens with zero attached hydrogens (tertiary/aromatic N) is 2. The van der Waals surface area contributed by atoms with Crippen molar-refractivity contribution >= 4 is 17.7 Å². The average molecular weight is 274 g/mol. The van der Waals surface area contributed by atoms with Crippen LogP contribution in [0.2, 0.25) is 0 Å². The van der Waals surface area contributed by atoms with Crippen LogP contribution >= 0.6 is 11.8 Å². The number of aromatic nitrogens is 2. The summed E-state index contributed by atoms with van der Waals surface area (Å²) >= 11 is 1.48. The number of carbonyl (C=O) groups excluding carboxylic acids is 1. The van der Waals surface area contributed by atoms with Crippen molar-refractivity contribution in [2.24, 2.45) is 5.84 Å². The molecule has 5 nitrogen and oxygen atoms in total. The second kappa shape index (κ2) is 6.86. The number of nitrogens with one attached hydrogen (secondary N) is 1. The molecule has 1 aromatic heterocycles. The van der Waals surface area contributed by atoms with E-state index in [1.807, 2.05) is 30.3 Å². The van der Waals surface area contributed by atoms with Crippen LogP contribution in [0.25, 0.3) is 0 Å². The first-order chi connectivity index (χ1) is 9.31. The van der Waals surface area contributed by atoms with E-state index < -0.39 is 0 Å². The number of benzene rings is 1. The number of amides is 1. The van der Waals surface area contributed by atoms with Gasteiger partial charge in [-0.2, -0.15) is 0 Å². The van der Waals surface area contributed by atoms with Gasteiger partial charge in [0.15, 0.2) is 0 Å². The Morgan fingerprint density at radius 1 is 1.32 bits per heavy atom. The third-order valence-corrected chi connectivity index (χ3v) is 3.60. The molecule has 2 rings (SSSR count). The van der Waals surface area contributed by atoms with Gasteiger partial charge in [0, 0.05) is 18.1 Å². The van der Waals surface area contributed by atoms with Gasteiger partial charge < -0.3 is 0 Å². The van der Waals surface area contributed by atoms with Crippen LogP contribution < -0.4 is 11.3 Å². The second-order valence-electron chi connectivity index (χ2n) is 3.83. The number of hydrogen-bond acceptors (Lipinski definition) is 5. The lowest BCUT2D eigenvalue weighted by molar-refractivity contribution is -0.122. The van der Waals surface area contributed by atoms with Crippen molar-refractivity contribution in [3.8, 4) is 0 Å². The number of rotatable bonds is 5. The van der Waals surface area contributed by atoms with Crippen molar-refractivity contribution in [3.05, 3.63) is 54.5 Å². The maximum atomic E-state index is 11.8. The Balaban J connectivity index is 2.09. The standard InChI is InChI=1S/C13H14N4OS/c14-17-13(18)11(10-4-2-1-3-5-10)9-19-12-8-15-6-7-16-12/h1-8,11H,9,14H2,(H,17,18). The molecule has 0 aliphatic heterocycles. The van der Waals surface area contributed by atoms with Gasteiger partial charge in [0.2, 0.25) is 5.91 Å². The van der Waals surface area contributed by atoms with Gasteiger partial charge in [-0.15, -0.1) is 11.8 Å². The van der Waals surface area contributed by atoms with Crippen molar-refractivity contribution in [2.75, 3.05) is 5.75 Å². The summed E-state index contributed by atoms with van der Waals surface area (Å²) < 4.78 is 0. The van der Waals surface area contributed by atoms with E-state index in [9.17, 15) is 4.79 Å². The summed E-state index contributed by atoms with van der Waals surface area (Å²) in [5.41, 5.74) is 3.14. The highest BCUT2D eigenvalue weighted by atomic mass is 32.2. The van der Waals surface area contributed by atoms with Crippen LogP contribution in [0.3, 0.4) is 0 Å². The topological polar surface area (TPSA) is 80.9 Å². The molecule has 1 aromatic carbocycles. The first kappa shape index (κ1) is 13.5. The van der Waals surface area contributed by atoms with Crippen LogP contribution in [-0.2, 0) is 4.79 Å². The molecule has 0 saturated heterocycles. The predicted octanol–water partition coefficient (Wildman–Crippen LogP) is 1.34. The molecule has 0 bridgehead atoms. The maximum absolute atomic E-state index is 11.8. The van der Waals surface area contributed by atoms with Crippen LogP contribution in [-0.4, -0.2) is 21.6 Å². The molecule has 19 heavy (non-hydrogen) atoms. The summed E-state index contributed by atoms with van der Waals surface area (Å²) in [6.07, 6.45) is 4.92. The highest BCUT2D eigenvalue weighted by molar-refractivity contribution is 7.99. The van der Waals surface area contributed by atoms with Crippen molar-refractivity contribution < 1.29 is 4.79 Å². The number of carbonyl (C=O) groups is 1. The number of hydrogen-bond donors (Lipinski definition) is 2. The zero-order valence-electron chi connectivity index (χ0n) is 10.2. The molecular formula is C13H14N4OS. The highest BCUT2D eigenvalue weighted by Crippen LogP contribution is 2.24. The van der Waals surface area contributed by atoms with Gasteiger partial charge in [0.05, 0.1) is 12.1 Å². The fourth-order valence-corrected chi connectivity index (χ4v) is 2.59. The molecule has 98 valence electrons. The highest BCUT2D eigenvalue weighted by Gasteiger charge is 2.20. The van der Waals surface area contributed by atoms with Crippen LogP contribution in [0.15, 0.2) is 53.9 Å². The minimum Gasteiger partial charge on any atom is -0.294 e. The molecule has 3 N–H and O–H groups in total. The van der Waals surface area contributed by atoms with Crippen LogP contribution in [0, 0.1) is 0 Å². The van der Waals surface area contributed by atoms with Crippen LogP contribution in [0.5, 0.6) is 0 Å². The molecular weight excluding hydrogens is 260 g/mol. The van der Waals surface area contributed by atoms with Gasteiger partial charge in [-0.1, -0.05) is 30.3 Å². The first-order valence-electron chi connectivity index (χ1n) is 5.75. The molecule has 0 saturated carbocycles. The average Bonchev–Trinajstić information content (AvgIpc) is 2.49. The molecule has 1 unspecified atom stereocenters. The molecule has 1 heterocycles. The zero-order chi connectivity index (χ0) is 13.5. The van der Waals surface area contributed by atoms with Crippen molar-refractivity contribution in [1.29, 1.82) is 0 Å².